The molecule has 0 aliphatic rings. The molecule has 0 aromatic heterocycles. The first kappa shape index (κ1) is 15.5. The first-order valence-electron chi connectivity index (χ1n) is 6.73. The van der Waals surface area contributed by atoms with Gasteiger partial charge < -0.3 is 10.1 Å². The molecule has 0 aliphatic carbocycles. The van der Waals surface area contributed by atoms with Crippen molar-refractivity contribution in [2.75, 3.05) is 13.7 Å². The highest BCUT2D eigenvalue weighted by molar-refractivity contribution is 5.95. The molecule has 22 heavy (non-hydrogen) atoms. The minimum absolute atomic E-state index is 0.0675. The fraction of sp³-hybridized carbons (Fsp3) is 0.188. The molecule has 0 heterocycles. The molecule has 6 heteroatoms. The number of benzene rings is 2. The maximum absolute atomic E-state index is 11.7. The summed E-state index contributed by atoms with van der Waals surface area (Å²) < 4.78 is 4.83. The maximum Gasteiger partial charge on any atom is 0.321 e. The molecular formula is C16H16N2O4. The molecular weight excluding hydrogens is 284 g/mol. The second-order valence-corrected chi connectivity index (χ2v) is 4.65. The number of carbonyl (C=O) groups excluding carboxylic acids is 3. The lowest BCUT2D eigenvalue weighted by molar-refractivity contribution is -0.147. The lowest BCUT2D eigenvalue weighted by Crippen LogP contribution is -2.39. The fourth-order valence-electron chi connectivity index (χ4n) is 1.94. The number of esters is 1. The van der Waals surface area contributed by atoms with Gasteiger partial charge in [0.15, 0.2) is 6.61 Å². The molecule has 0 saturated heterocycles. The van der Waals surface area contributed by atoms with Gasteiger partial charge in [-0.15, -0.1) is 0 Å². The minimum atomic E-state index is -0.675. The predicted octanol–water partition coefficient (Wildman–Crippen LogP) is 1.38. The molecule has 0 fully saturated rings. The van der Waals surface area contributed by atoms with Crippen LogP contribution in [0.2, 0.25) is 0 Å². The summed E-state index contributed by atoms with van der Waals surface area (Å²) in [5.41, 5.74) is 0.801. The van der Waals surface area contributed by atoms with Crippen LogP contribution in [0.4, 0.5) is 4.79 Å². The Morgan fingerprint density at radius 1 is 1.05 bits per heavy atom. The Hall–Kier alpha value is -2.89. The Morgan fingerprint density at radius 3 is 2.50 bits per heavy atom. The van der Waals surface area contributed by atoms with Crippen LogP contribution in [0.1, 0.15) is 5.56 Å². The normalized spacial score (nSPS) is 10.0. The molecule has 6 nitrogen and oxygen atoms in total. The summed E-state index contributed by atoms with van der Waals surface area (Å²) in [5.74, 6) is -1.20. The van der Waals surface area contributed by atoms with E-state index in [0.29, 0.717) is 0 Å². The SMILES string of the molecule is CNC(=O)NC(=O)COC(=O)Cc1ccc2ccccc2c1. The van der Waals surface area contributed by atoms with E-state index in [0.717, 1.165) is 16.3 Å². The minimum Gasteiger partial charge on any atom is -0.455 e. The van der Waals surface area contributed by atoms with Crippen LogP contribution in [0.3, 0.4) is 0 Å². The topological polar surface area (TPSA) is 84.5 Å². The third-order valence-electron chi connectivity index (χ3n) is 3.01. The van der Waals surface area contributed by atoms with Gasteiger partial charge in [0.25, 0.3) is 5.91 Å². The van der Waals surface area contributed by atoms with Crippen molar-refractivity contribution in [3.05, 3.63) is 48.0 Å². The summed E-state index contributed by atoms with van der Waals surface area (Å²) in [5, 5.41) is 6.36. The van der Waals surface area contributed by atoms with Gasteiger partial charge in [0.1, 0.15) is 0 Å². The quantitative estimate of drug-likeness (QED) is 0.836. The highest BCUT2D eigenvalue weighted by Crippen LogP contribution is 2.16. The van der Waals surface area contributed by atoms with E-state index in [1.807, 2.05) is 47.8 Å². The van der Waals surface area contributed by atoms with Gasteiger partial charge in [-0.05, 0) is 16.3 Å². The molecule has 0 saturated carbocycles. The number of carbonyl (C=O) groups is 3. The van der Waals surface area contributed by atoms with Gasteiger partial charge in [0.2, 0.25) is 0 Å². The zero-order valence-corrected chi connectivity index (χ0v) is 12.1. The van der Waals surface area contributed by atoms with Crippen molar-refractivity contribution in [1.82, 2.24) is 10.6 Å². The number of nitrogens with one attached hydrogen (secondary N) is 2. The van der Waals surface area contributed by atoms with E-state index in [1.54, 1.807) is 0 Å². The van der Waals surface area contributed by atoms with Gasteiger partial charge in [0, 0.05) is 7.05 Å². The Morgan fingerprint density at radius 2 is 1.77 bits per heavy atom. The summed E-state index contributed by atoms with van der Waals surface area (Å²) in [6.07, 6.45) is 0.0675. The van der Waals surface area contributed by atoms with Gasteiger partial charge in [-0.3, -0.25) is 14.9 Å². The van der Waals surface area contributed by atoms with Gasteiger partial charge in [-0.1, -0.05) is 42.5 Å². The molecule has 3 amide bonds. The summed E-state index contributed by atoms with van der Waals surface area (Å²) >= 11 is 0. The van der Waals surface area contributed by atoms with Gasteiger partial charge in [-0.2, -0.15) is 0 Å². The predicted molar refractivity (Wildman–Crippen MR) is 81.2 cm³/mol. The second kappa shape index (κ2) is 7.21. The van der Waals surface area contributed by atoms with Gasteiger partial charge >= 0.3 is 12.0 Å². The monoisotopic (exact) mass is 300 g/mol. The van der Waals surface area contributed by atoms with Crippen molar-refractivity contribution in [3.63, 3.8) is 0 Å². The van der Waals surface area contributed by atoms with Crippen molar-refractivity contribution in [2.45, 2.75) is 6.42 Å². The standard InChI is InChI=1S/C16H16N2O4/c1-17-16(21)18-14(19)10-22-15(20)9-11-6-7-12-4-2-3-5-13(12)8-11/h2-8H,9-10H2,1H3,(H2,17,18,19,21). The van der Waals surface area contributed by atoms with Crippen LogP contribution >= 0.6 is 0 Å². The van der Waals surface area contributed by atoms with E-state index in [2.05, 4.69) is 5.32 Å². The van der Waals surface area contributed by atoms with E-state index in [1.165, 1.54) is 7.05 Å². The molecule has 2 N–H and O–H groups in total. The second-order valence-electron chi connectivity index (χ2n) is 4.65. The van der Waals surface area contributed by atoms with Crippen molar-refractivity contribution in [2.24, 2.45) is 0 Å². The first-order chi connectivity index (χ1) is 10.6. The molecule has 114 valence electrons. The summed E-state index contributed by atoms with van der Waals surface area (Å²) in [4.78, 5) is 33.9. The van der Waals surface area contributed by atoms with Crippen LogP contribution in [0.25, 0.3) is 10.8 Å². The number of rotatable bonds is 4. The van der Waals surface area contributed by atoms with Crippen molar-refractivity contribution in [3.8, 4) is 0 Å². The number of ether oxygens (including phenoxy) is 1. The Kier molecular flexibility index (Phi) is 5.08. The maximum atomic E-state index is 11.7. The largest absolute Gasteiger partial charge is 0.455 e. The van der Waals surface area contributed by atoms with Crippen molar-refractivity contribution in [1.29, 1.82) is 0 Å². The molecule has 0 radical (unpaired) electrons. The zero-order chi connectivity index (χ0) is 15.9. The molecule has 0 bridgehead atoms. The van der Waals surface area contributed by atoms with E-state index in [4.69, 9.17) is 4.74 Å². The highest BCUT2D eigenvalue weighted by Gasteiger charge is 2.10. The van der Waals surface area contributed by atoms with Crippen LogP contribution < -0.4 is 10.6 Å². The average molecular weight is 300 g/mol. The number of fused-ring (bicyclic) bond motifs is 1. The number of imide groups is 1. The first-order valence-corrected chi connectivity index (χ1v) is 6.73. The third kappa shape index (κ3) is 4.31. The van der Waals surface area contributed by atoms with Crippen molar-refractivity contribution >= 4 is 28.7 Å². The Bertz CT molecular complexity index is 712. The van der Waals surface area contributed by atoms with Gasteiger partial charge in [0.05, 0.1) is 6.42 Å². The van der Waals surface area contributed by atoms with E-state index >= 15 is 0 Å². The number of hydrogen-bond donors (Lipinski definition) is 2. The Labute approximate surface area is 127 Å². The van der Waals surface area contributed by atoms with Crippen molar-refractivity contribution < 1.29 is 19.1 Å². The fourth-order valence-corrected chi connectivity index (χ4v) is 1.94. The molecule has 0 unspecified atom stereocenters. The van der Waals surface area contributed by atoms with Crippen LogP contribution in [0, 0.1) is 0 Å². The van der Waals surface area contributed by atoms with E-state index in [9.17, 15) is 14.4 Å². The summed E-state index contributed by atoms with van der Waals surface area (Å²) in [6, 6.07) is 12.8. The smallest absolute Gasteiger partial charge is 0.321 e. The number of amides is 3. The number of urea groups is 1. The van der Waals surface area contributed by atoms with Crippen LogP contribution in [-0.4, -0.2) is 31.6 Å². The molecule has 2 aromatic rings. The lowest BCUT2D eigenvalue weighted by atomic mass is 10.1. The van der Waals surface area contributed by atoms with Gasteiger partial charge in [-0.25, -0.2) is 4.79 Å². The lowest BCUT2D eigenvalue weighted by Gasteiger charge is -2.06. The molecule has 0 spiro atoms. The zero-order valence-electron chi connectivity index (χ0n) is 12.1. The summed E-state index contributed by atoms with van der Waals surface area (Å²) in [6.45, 7) is -0.486. The van der Waals surface area contributed by atoms with Crippen LogP contribution in [0.15, 0.2) is 42.5 Å². The van der Waals surface area contributed by atoms with Crippen LogP contribution in [0.5, 0.6) is 0 Å². The average Bonchev–Trinajstić information content (AvgIpc) is 2.52. The molecule has 2 rings (SSSR count). The summed E-state index contributed by atoms with van der Waals surface area (Å²) in [7, 11) is 1.38. The molecule has 0 aliphatic heterocycles. The van der Waals surface area contributed by atoms with Crippen LogP contribution in [-0.2, 0) is 20.7 Å². The third-order valence-corrected chi connectivity index (χ3v) is 3.01. The van der Waals surface area contributed by atoms with E-state index in [-0.39, 0.29) is 6.42 Å². The molecule has 0 atom stereocenters. The highest BCUT2D eigenvalue weighted by atomic mass is 16.5. The molecule has 2 aromatic carbocycles. The van der Waals surface area contributed by atoms with E-state index < -0.39 is 24.5 Å². The number of hydrogen-bond acceptors (Lipinski definition) is 4. The Balaban J connectivity index is 1.88.